The predicted octanol–water partition coefficient (Wildman–Crippen LogP) is 9.44. The number of esters is 2. The highest BCUT2D eigenvalue weighted by Gasteiger charge is 2.64. The van der Waals surface area contributed by atoms with Gasteiger partial charge in [0.15, 0.2) is 0 Å². The van der Waals surface area contributed by atoms with Crippen LogP contribution in [0, 0.1) is 5.92 Å². The van der Waals surface area contributed by atoms with Gasteiger partial charge in [-0.1, -0.05) is 62.1 Å². The molecule has 0 aromatic heterocycles. The first-order valence-corrected chi connectivity index (χ1v) is 29.9. The third-order valence-corrected chi connectivity index (χ3v) is 21.0. The van der Waals surface area contributed by atoms with Crippen molar-refractivity contribution in [3.05, 3.63) is 96.1 Å². The summed E-state index contributed by atoms with van der Waals surface area (Å²) in [6.07, 6.45) is 8.34. The van der Waals surface area contributed by atoms with Crippen molar-refractivity contribution in [3.63, 3.8) is 0 Å². The number of fused-ring (bicyclic) bond motifs is 12. The summed E-state index contributed by atoms with van der Waals surface area (Å²) < 4.78 is 82.4. The first-order chi connectivity index (χ1) is 38.2. The summed E-state index contributed by atoms with van der Waals surface area (Å²) in [6.45, 7) is 19.2. The van der Waals surface area contributed by atoms with Crippen LogP contribution < -0.4 is 0 Å². The largest absolute Gasteiger partial charge is 0.458 e. The number of carbonyl (C=O) groups excluding carboxylic acids is 2. The molecule has 15 unspecified atom stereocenters. The van der Waals surface area contributed by atoms with Crippen LogP contribution in [-0.2, 0) is 61.6 Å². The Bertz CT molecular complexity index is 3010. The number of aliphatic hydroxyl groups excluding tert-OH is 1. The van der Waals surface area contributed by atoms with Gasteiger partial charge in [0, 0.05) is 51.0 Å². The van der Waals surface area contributed by atoms with E-state index in [9.17, 15) is 14.7 Å². The van der Waals surface area contributed by atoms with Gasteiger partial charge in [-0.2, -0.15) is 0 Å². The minimum Gasteiger partial charge on any atom is -0.458 e. The van der Waals surface area contributed by atoms with Gasteiger partial charge in [-0.05, 0) is 130 Å². The SMILES string of the molecule is C=C(COC(=O)c1cccc2cc3ccccc3cc12)C[C@@H]1C[C@H](O)[C@]2(C)OC3CC4OC5C[C@]6(C)O[C@]7(C)CCC8OC9C[C@]%10(C)OC%11C(C)=CC(=O)OC%11CC%10OC9C[C@@H](C)C8OC7CC6O[C@@]5(C)C/C=C\C4OC3CC2O1. The summed E-state index contributed by atoms with van der Waals surface area (Å²) >= 11 is 0. The maximum atomic E-state index is 13.5. The van der Waals surface area contributed by atoms with E-state index in [4.69, 9.17) is 56.8 Å². The van der Waals surface area contributed by atoms with E-state index in [1.165, 1.54) is 0 Å². The zero-order chi connectivity index (χ0) is 55.3. The van der Waals surface area contributed by atoms with Crippen molar-refractivity contribution in [1.82, 2.24) is 0 Å². The standard InChI is InChI=1S/C65H80O15/c1-34(33-69-60(68)41-16-11-15-39-24-37-13-9-10-14-38(37)25-42(39)41)21-40-26-51(66)65(8)55(70-40)28-47-48(77-65)27-46-43(71-47)17-12-19-61(4)56(74-46)32-64(7)54(78-61)30-53-62(5,80-64)20-18-44-58(76-53)35(2)22-45-50(72-44)31-63(6)52(73-45)29-49-59(79-63)36(3)23-57(67)75-49/h9-17,23-25,35,40,43-56,58-59,66H,1,18-22,26-33H2,2-8H3/b17-12-/t35-,40-,43?,44?,45?,46?,47?,48?,49?,50?,51+,52?,53?,54?,55?,56?,58?,59?,61+,62-,63+,64+,65+/m1/s1. The number of rotatable bonds is 5. The Balaban J connectivity index is 0.610. The number of carbonyl (C=O) groups is 2. The average Bonchev–Trinajstić information content (AvgIpc) is 3.24. The van der Waals surface area contributed by atoms with Crippen LogP contribution in [0.2, 0.25) is 0 Å². The number of benzene rings is 3. The lowest BCUT2D eigenvalue weighted by Gasteiger charge is -2.60. The van der Waals surface area contributed by atoms with Gasteiger partial charge in [0.1, 0.15) is 30.5 Å². The summed E-state index contributed by atoms with van der Waals surface area (Å²) in [6, 6.07) is 17.9. The van der Waals surface area contributed by atoms with Crippen LogP contribution in [0.5, 0.6) is 0 Å². The van der Waals surface area contributed by atoms with Gasteiger partial charge in [0.05, 0.1) is 113 Å². The van der Waals surface area contributed by atoms with E-state index in [0.717, 1.165) is 46.4 Å². The Hall–Kier alpha value is -4.10. The molecule has 0 aliphatic carbocycles. The molecule has 80 heavy (non-hydrogen) atoms. The lowest BCUT2D eigenvalue weighted by atomic mass is 9.72. The second-order valence-electron chi connectivity index (χ2n) is 27.0. The van der Waals surface area contributed by atoms with E-state index < -0.39 is 46.2 Å². The highest BCUT2D eigenvalue weighted by Crippen LogP contribution is 2.55. The van der Waals surface area contributed by atoms with Crippen LogP contribution in [0.4, 0.5) is 0 Å². The molecule has 430 valence electrons. The average molecular weight is 1100 g/mol. The summed E-state index contributed by atoms with van der Waals surface area (Å²) in [5.41, 5.74) is -1.33. The third kappa shape index (κ3) is 9.26. The zero-order valence-electron chi connectivity index (χ0n) is 47.4. The maximum absolute atomic E-state index is 13.5. The van der Waals surface area contributed by atoms with E-state index in [-0.39, 0.29) is 110 Å². The molecule has 0 spiro atoms. The van der Waals surface area contributed by atoms with Gasteiger partial charge in [-0.15, -0.1) is 0 Å². The van der Waals surface area contributed by atoms with Crippen molar-refractivity contribution in [3.8, 4) is 0 Å². The Kier molecular flexibility index (Phi) is 13.3. The molecule has 15 nitrogen and oxygen atoms in total. The summed E-state index contributed by atoms with van der Waals surface area (Å²) in [7, 11) is 0. The fourth-order valence-electron chi connectivity index (χ4n) is 16.4. The first-order valence-electron chi connectivity index (χ1n) is 29.9. The van der Waals surface area contributed by atoms with Crippen molar-refractivity contribution < 1.29 is 71.5 Å². The van der Waals surface area contributed by atoms with E-state index in [1.807, 2.05) is 50.2 Å². The molecule has 3 aromatic carbocycles. The number of hydrogen-bond acceptors (Lipinski definition) is 15. The molecular formula is C65H80O15. The van der Waals surface area contributed by atoms with E-state index in [0.29, 0.717) is 68.9 Å². The fraction of sp³-hybridized carbons (Fsp3) is 0.662. The molecule has 3 aromatic rings. The number of aliphatic hydroxyl groups is 1. The van der Waals surface area contributed by atoms with Crippen molar-refractivity contribution in [1.29, 1.82) is 0 Å². The maximum Gasteiger partial charge on any atom is 0.339 e. The molecule has 0 saturated carbocycles. The lowest BCUT2D eigenvalue weighted by Crippen LogP contribution is -2.70. The van der Waals surface area contributed by atoms with Gasteiger partial charge in [0.25, 0.3) is 0 Å². The molecule has 9 saturated heterocycles. The van der Waals surface area contributed by atoms with Gasteiger partial charge in [0.2, 0.25) is 0 Å². The molecule has 9 fully saturated rings. The monoisotopic (exact) mass is 1100 g/mol. The fourth-order valence-corrected chi connectivity index (χ4v) is 16.4. The second-order valence-corrected chi connectivity index (χ2v) is 27.0. The minimum atomic E-state index is -0.963. The molecule has 11 aliphatic rings. The van der Waals surface area contributed by atoms with Crippen LogP contribution in [-0.4, -0.2) is 155 Å². The van der Waals surface area contributed by atoms with Gasteiger partial charge in [-0.3, -0.25) is 0 Å². The smallest absolute Gasteiger partial charge is 0.339 e. The summed E-state index contributed by atoms with van der Waals surface area (Å²) in [5, 5.41) is 15.9. The van der Waals surface area contributed by atoms with Crippen LogP contribution in [0.25, 0.3) is 21.5 Å². The van der Waals surface area contributed by atoms with Gasteiger partial charge >= 0.3 is 11.9 Å². The molecule has 11 heterocycles. The molecule has 0 amide bonds. The van der Waals surface area contributed by atoms with Gasteiger partial charge in [-0.25, -0.2) is 9.59 Å². The predicted molar refractivity (Wildman–Crippen MR) is 294 cm³/mol. The Labute approximate surface area is 469 Å². The Morgan fingerprint density at radius 1 is 0.688 bits per heavy atom. The van der Waals surface area contributed by atoms with Gasteiger partial charge < -0.3 is 61.9 Å². The topological polar surface area (TPSA) is 165 Å². The van der Waals surface area contributed by atoms with E-state index in [2.05, 4.69) is 65.5 Å². The third-order valence-electron chi connectivity index (χ3n) is 21.0. The van der Waals surface area contributed by atoms with Crippen molar-refractivity contribution in [2.24, 2.45) is 5.92 Å². The molecule has 0 radical (unpaired) electrons. The van der Waals surface area contributed by atoms with Crippen molar-refractivity contribution in [2.75, 3.05) is 6.61 Å². The lowest BCUT2D eigenvalue weighted by molar-refractivity contribution is -0.356. The van der Waals surface area contributed by atoms with Crippen LogP contribution in [0.1, 0.15) is 136 Å². The van der Waals surface area contributed by atoms with E-state index in [1.54, 1.807) is 12.1 Å². The highest BCUT2D eigenvalue weighted by atomic mass is 16.7. The summed E-state index contributed by atoms with van der Waals surface area (Å²) in [4.78, 5) is 25.8. The van der Waals surface area contributed by atoms with E-state index >= 15 is 0 Å². The van der Waals surface area contributed by atoms with Crippen LogP contribution in [0.15, 0.2) is 90.6 Å². The van der Waals surface area contributed by atoms with Crippen molar-refractivity contribution >= 4 is 33.5 Å². The Morgan fingerprint density at radius 2 is 1.45 bits per heavy atom. The first kappa shape index (κ1) is 53.9. The molecule has 15 heteroatoms. The number of hydrogen-bond donors (Lipinski definition) is 1. The summed E-state index contributed by atoms with van der Waals surface area (Å²) in [5.74, 6) is -0.568. The minimum absolute atomic E-state index is 0.0408. The molecule has 0 bridgehead atoms. The number of ether oxygens (including phenoxy) is 12. The van der Waals surface area contributed by atoms with Crippen LogP contribution >= 0.6 is 0 Å². The normalized spacial score (nSPS) is 48.0. The quantitative estimate of drug-likeness (QED) is 0.146. The zero-order valence-corrected chi connectivity index (χ0v) is 47.4. The molecule has 1 N–H and O–H groups in total. The molecule has 11 aliphatic heterocycles. The molecule has 23 atom stereocenters. The molecule has 14 rings (SSSR count). The second kappa shape index (κ2) is 19.8. The highest BCUT2D eigenvalue weighted by molar-refractivity contribution is 6.09. The molecular weight excluding hydrogens is 1020 g/mol. The Morgan fingerprint density at radius 3 is 2.29 bits per heavy atom. The van der Waals surface area contributed by atoms with Crippen molar-refractivity contribution in [2.45, 2.75) is 257 Å². The van der Waals surface area contributed by atoms with Crippen LogP contribution in [0.3, 0.4) is 0 Å².